The Morgan fingerprint density at radius 1 is 1.60 bits per heavy atom. The molecule has 4 heteroatoms. The van der Waals surface area contributed by atoms with Crippen LogP contribution >= 0.6 is 0 Å². The normalized spacial score (nSPS) is 17.6. The van der Waals surface area contributed by atoms with Crippen LogP contribution in [0.2, 0.25) is 0 Å². The minimum atomic E-state index is -0.173. The van der Waals surface area contributed by atoms with Crippen LogP contribution in [-0.2, 0) is 0 Å². The first-order chi connectivity index (χ1) is 7.28. The topological polar surface area (TPSA) is 68.9 Å². The second-order valence-corrected chi connectivity index (χ2v) is 3.96. The van der Waals surface area contributed by atoms with Crippen molar-refractivity contribution < 1.29 is 5.11 Å². The van der Waals surface area contributed by atoms with Crippen LogP contribution in [0.15, 0.2) is 18.3 Å². The first kappa shape index (κ1) is 9.94. The highest BCUT2D eigenvalue weighted by atomic mass is 16.3. The molecule has 4 nitrogen and oxygen atoms in total. The molecule has 1 aromatic rings. The van der Waals surface area contributed by atoms with E-state index in [1.807, 2.05) is 12.1 Å². The van der Waals surface area contributed by atoms with E-state index < -0.39 is 0 Å². The number of rotatable bonds is 3. The zero-order chi connectivity index (χ0) is 10.7. The van der Waals surface area contributed by atoms with E-state index in [1.54, 1.807) is 12.3 Å². The van der Waals surface area contributed by atoms with Gasteiger partial charge in [0.25, 0.3) is 0 Å². The van der Waals surface area contributed by atoms with Gasteiger partial charge in [0.05, 0.1) is 12.1 Å². The van der Waals surface area contributed by atoms with Crippen LogP contribution in [0.1, 0.15) is 25.0 Å². The maximum atomic E-state index is 9.28. The number of aliphatic hydroxyl groups is 1. The third-order valence-electron chi connectivity index (χ3n) is 2.90. The van der Waals surface area contributed by atoms with E-state index in [0.29, 0.717) is 5.69 Å². The van der Waals surface area contributed by atoms with Gasteiger partial charge in [-0.25, -0.2) is 4.98 Å². The third kappa shape index (κ3) is 1.92. The molecule has 15 heavy (non-hydrogen) atoms. The van der Waals surface area contributed by atoms with Gasteiger partial charge in [0, 0.05) is 11.9 Å². The van der Waals surface area contributed by atoms with Crippen molar-refractivity contribution in [1.82, 2.24) is 4.98 Å². The lowest BCUT2D eigenvalue weighted by molar-refractivity contribution is 0.144. The van der Waals surface area contributed by atoms with Crippen molar-refractivity contribution >= 4 is 5.69 Å². The van der Waals surface area contributed by atoms with Gasteiger partial charge in [0.2, 0.25) is 0 Å². The smallest absolute Gasteiger partial charge is 0.142 e. The van der Waals surface area contributed by atoms with Gasteiger partial charge in [-0.3, -0.25) is 0 Å². The molecule has 1 heterocycles. The van der Waals surface area contributed by atoms with Crippen LogP contribution in [0.5, 0.6) is 0 Å². The van der Waals surface area contributed by atoms with Gasteiger partial charge in [-0.2, -0.15) is 5.26 Å². The number of hydrogen-bond donors (Lipinski definition) is 2. The summed E-state index contributed by atoms with van der Waals surface area (Å²) in [4.78, 5) is 3.89. The highest BCUT2D eigenvalue weighted by Crippen LogP contribution is 2.34. The van der Waals surface area contributed by atoms with E-state index in [2.05, 4.69) is 10.3 Å². The van der Waals surface area contributed by atoms with Gasteiger partial charge in [-0.1, -0.05) is 0 Å². The van der Waals surface area contributed by atoms with E-state index in [0.717, 1.165) is 24.9 Å². The fraction of sp³-hybridized carbons (Fsp3) is 0.455. The Morgan fingerprint density at radius 3 is 2.93 bits per heavy atom. The molecule has 0 spiro atoms. The van der Waals surface area contributed by atoms with Crippen molar-refractivity contribution in [2.24, 2.45) is 0 Å². The molecule has 2 N–H and O–H groups in total. The molecule has 0 aromatic carbocycles. The molecule has 0 saturated heterocycles. The maximum Gasteiger partial charge on any atom is 0.142 e. The van der Waals surface area contributed by atoms with E-state index in [1.165, 1.54) is 0 Å². The van der Waals surface area contributed by atoms with Crippen molar-refractivity contribution in [2.75, 3.05) is 11.9 Å². The van der Waals surface area contributed by atoms with Crippen molar-refractivity contribution in [3.05, 3.63) is 24.0 Å². The minimum Gasteiger partial charge on any atom is -0.394 e. The highest BCUT2D eigenvalue weighted by molar-refractivity contribution is 5.48. The Kier molecular flexibility index (Phi) is 2.57. The molecule has 0 radical (unpaired) electrons. The maximum absolute atomic E-state index is 9.28. The fourth-order valence-corrected chi connectivity index (χ4v) is 1.80. The monoisotopic (exact) mass is 203 g/mol. The number of nitriles is 1. The molecule has 2 rings (SSSR count). The summed E-state index contributed by atoms with van der Waals surface area (Å²) in [6.45, 7) is 0.136. The van der Waals surface area contributed by atoms with E-state index in [4.69, 9.17) is 5.26 Å². The summed E-state index contributed by atoms with van der Waals surface area (Å²) in [5, 5.41) is 21.3. The van der Waals surface area contributed by atoms with Crippen LogP contribution in [0.25, 0.3) is 0 Å². The number of nitrogens with one attached hydrogen (secondary N) is 1. The van der Waals surface area contributed by atoms with Crippen molar-refractivity contribution in [2.45, 2.75) is 24.8 Å². The Labute approximate surface area is 88.6 Å². The molecule has 0 amide bonds. The van der Waals surface area contributed by atoms with Gasteiger partial charge in [-0.05, 0) is 31.4 Å². The molecule has 0 atom stereocenters. The largest absolute Gasteiger partial charge is 0.394 e. The summed E-state index contributed by atoms with van der Waals surface area (Å²) in [7, 11) is 0. The van der Waals surface area contributed by atoms with Crippen LogP contribution in [0.3, 0.4) is 0 Å². The highest BCUT2D eigenvalue weighted by Gasteiger charge is 2.36. The molecular weight excluding hydrogens is 190 g/mol. The summed E-state index contributed by atoms with van der Waals surface area (Å²) in [6, 6.07) is 5.51. The Morgan fingerprint density at radius 2 is 2.40 bits per heavy atom. The predicted octanol–water partition coefficient (Wildman–Crippen LogP) is 1.28. The SMILES string of the molecule is N#Cc1cc(NC2(CO)CCC2)ccn1. The number of aromatic nitrogens is 1. The molecule has 0 bridgehead atoms. The molecule has 1 saturated carbocycles. The van der Waals surface area contributed by atoms with Crippen LogP contribution in [0.4, 0.5) is 5.69 Å². The first-order valence-electron chi connectivity index (χ1n) is 5.03. The van der Waals surface area contributed by atoms with Crippen LogP contribution in [0, 0.1) is 11.3 Å². The second kappa shape index (κ2) is 3.87. The van der Waals surface area contributed by atoms with E-state index in [-0.39, 0.29) is 12.1 Å². The van der Waals surface area contributed by atoms with Gasteiger partial charge >= 0.3 is 0 Å². The quantitative estimate of drug-likeness (QED) is 0.776. The Hall–Kier alpha value is -1.60. The van der Waals surface area contributed by atoms with Crippen molar-refractivity contribution in [1.29, 1.82) is 5.26 Å². The first-order valence-corrected chi connectivity index (χ1v) is 5.03. The molecule has 78 valence electrons. The number of hydrogen-bond acceptors (Lipinski definition) is 4. The zero-order valence-corrected chi connectivity index (χ0v) is 8.40. The second-order valence-electron chi connectivity index (χ2n) is 3.96. The summed E-state index contributed by atoms with van der Waals surface area (Å²) >= 11 is 0. The predicted molar refractivity (Wildman–Crippen MR) is 56.2 cm³/mol. The van der Waals surface area contributed by atoms with E-state index >= 15 is 0 Å². The van der Waals surface area contributed by atoms with Gasteiger partial charge in [0.15, 0.2) is 0 Å². The molecule has 1 aliphatic rings. The van der Waals surface area contributed by atoms with Crippen molar-refractivity contribution in [3.63, 3.8) is 0 Å². The van der Waals surface area contributed by atoms with Gasteiger partial charge < -0.3 is 10.4 Å². The summed E-state index contributed by atoms with van der Waals surface area (Å²) in [6.07, 6.45) is 4.70. The van der Waals surface area contributed by atoms with Crippen LogP contribution < -0.4 is 5.32 Å². The fourth-order valence-electron chi connectivity index (χ4n) is 1.80. The molecule has 0 unspecified atom stereocenters. The van der Waals surface area contributed by atoms with E-state index in [9.17, 15) is 5.11 Å². The number of nitrogens with zero attached hydrogens (tertiary/aromatic N) is 2. The minimum absolute atomic E-state index is 0.136. The number of anilines is 1. The summed E-state index contributed by atoms with van der Waals surface area (Å²) in [5.41, 5.74) is 1.08. The molecule has 0 aliphatic heterocycles. The average Bonchev–Trinajstić information content (AvgIpc) is 2.24. The number of aliphatic hydroxyl groups excluding tert-OH is 1. The van der Waals surface area contributed by atoms with Crippen molar-refractivity contribution in [3.8, 4) is 6.07 Å². The lowest BCUT2D eigenvalue weighted by atomic mass is 9.77. The Balaban J connectivity index is 2.13. The van der Waals surface area contributed by atoms with Gasteiger partial charge in [0.1, 0.15) is 11.8 Å². The third-order valence-corrected chi connectivity index (χ3v) is 2.90. The molecule has 1 fully saturated rings. The molecular formula is C11H13N3O. The zero-order valence-electron chi connectivity index (χ0n) is 8.40. The molecule has 1 aliphatic carbocycles. The lowest BCUT2D eigenvalue weighted by Crippen LogP contribution is -2.48. The van der Waals surface area contributed by atoms with Crippen LogP contribution in [-0.4, -0.2) is 22.2 Å². The standard InChI is InChI=1S/C11H13N3O/c12-7-10-6-9(2-5-13-10)14-11(8-15)3-1-4-11/h2,5-6,15H,1,3-4,8H2,(H,13,14). The lowest BCUT2D eigenvalue weighted by Gasteiger charge is -2.41. The Bertz CT molecular complexity index is 388. The average molecular weight is 203 g/mol. The number of pyridine rings is 1. The van der Waals surface area contributed by atoms with Gasteiger partial charge in [-0.15, -0.1) is 0 Å². The molecule has 1 aromatic heterocycles. The summed E-state index contributed by atoms with van der Waals surface area (Å²) in [5.74, 6) is 0. The summed E-state index contributed by atoms with van der Waals surface area (Å²) < 4.78 is 0.